The minimum Gasteiger partial charge on any atom is -0.495 e. The fraction of sp³-hybridized carbons (Fsp3) is 0.235. The van der Waals surface area contributed by atoms with E-state index in [0.29, 0.717) is 6.54 Å². The van der Waals surface area contributed by atoms with Crippen LogP contribution in [0.5, 0.6) is 5.75 Å². The number of nitriles is 1. The molecule has 1 atom stereocenters. The van der Waals surface area contributed by atoms with Crippen LogP contribution in [0, 0.1) is 11.3 Å². The van der Waals surface area contributed by atoms with Crippen LogP contribution in [0.3, 0.4) is 0 Å². The molecule has 2 aromatic rings. The van der Waals surface area contributed by atoms with Crippen LogP contribution in [-0.4, -0.2) is 20.7 Å². The lowest BCUT2D eigenvalue weighted by Gasteiger charge is -2.30. The number of para-hydroxylation sites is 2. The molecule has 0 aliphatic rings. The molecule has 4 heteroatoms. The molecular formula is C17H19N3O. The molecule has 2 rings (SSSR count). The SMILES string of the molecule is COc1ccccc1N(C)CC(N)(C#N)c1ccccc1. The maximum absolute atomic E-state index is 9.53. The molecule has 0 fully saturated rings. The lowest BCUT2D eigenvalue weighted by molar-refractivity contribution is 0.414. The van der Waals surface area contributed by atoms with E-state index >= 15 is 0 Å². The van der Waals surface area contributed by atoms with E-state index in [1.165, 1.54) is 0 Å². The van der Waals surface area contributed by atoms with E-state index in [0.717, 1.165) is 17.0 Å². The molecule has 0 amide bonds. The third-order valence-corrected chi connectivity index (χ3v) is 3.47. The van der Waals surface area contributed by atoms with E-state index in [1.807, 2.05) is 66.5 Å². The van der Waals surface area contributed by atoms with Crippen LogP contribution in [0.1, 0.15) is 5.56 Å². The molecule has 4 nitrogen and oxygen atoms in total. The topological polar surface area (TPSA) is 62.3 Å². The molecule has 0 aliphatic heterocycles. The molecule has 108 valence electrons. The van der Waals surface area contributed by atoms with Gasteiger partial charge in [0.2, 0.25) is 0 Å². The summed E-state index contributed by atoms with van der Waals surface area (Å²) < 4.78 is 5.35. The number of nitrogens with zero attached hydrogens (tertiary/aromatic N) is 2. The Morgan fingerprint density at radius 3 is 2.38 bits per heavy atom. The Bertz CT molecular complexity index is 636. The van der Waals surface area contributed by atoms with Crippen LogP contribution >= 0.6 is 0 Å². The van der Waals surface area contributed by atoms with Crippen molar-refractivity contribution in [2.45, 2.75) is 5.54 Å². The van der Waals surface area contributed by atoms with Crippen LogP contribution < -0.4 is 15.4 Å². The molecule has 0 spiro atoms. The number of benzene rings is 2. The number of hydrogen-bond acceptors (Lipinski definition) is 4. The highest BCUT2D eigenvalue weighted by molar-refractivity contribution is 5.58. The molecule has 2 N–H and O–H groups in total. The second-order valence-electron chi connectivity index (χ2n) is 4.98. The summed E-state index contributed by atoms with van der Waals surface area (Å²) >= 11 is 0. The van der Waals surface area contributed by atoms with Gasteiger partial charge in [-0.3, -0.25) is 0 Å². The first kappa shape index (κ1) is 14.9. The molecule has 21 heavy (non-hydrogen) atoms. The summed E-state index contributed by atoms with van der Waals surface area (Å²) in [6.07, 6.45) is 0. The Labute approximate surface area is 125 Å². The number of hydrogen-bond donors (Lipinski definition) is 1. The Balaban J connectivity index is 2.29. The summed E-state index contributed by atoms with van der Waals surface area (Å²) in [5, 5.41) is 9.53. The van der Waals surface area contributed by atoms with Crippen molar-refractivity contribution in [1.82, 2.24) is 0 Å². The van der Waals surface area contributed by atoms with Crippen molar-refractivity contribution in [2.24, 2.45) is 5.73 Å². The van der Waals surface area contributed by atoms with Crippen molar-refractivity contribution in [3.05, 3.63) is 60.2 Å². The zero-order chi connectivity index (χ0) is 15.3. The third-order valence-electron chi connectivity index (χ3n) is 3.47. The van der Waals surface area contributed by atoms with Gasteiger partial charge in [0, 0.05) is 7.05 Å². The van der Waals surface area contributed by atoms with Gasteiger partial charge in [-0.15, -0.1) is 0 Å². The van der Waals surface area contributed by atoms with Gasteiger partial charge in [0.15, 0.2) is 0 Å². The van der Waals surface area contributed by atoms with Crippen LogP contribution in [0.2, 0.25) is 0 Å². The average molecular weight is 281 g/mol. The quantitative estimate of drug-likeness (QED) is 0.914. The van der Waals surface area contributed by atoms with Crippen LogP contribution in [0.15, 0.2) is 54.6 Å². The van der Waals surface area contributed by atoms with Gasteiger partial charge in [-0.2, -0.15) is 5.26 Å². The first-order chi connectivity index (χ1) is 10.1. The predicted octanol–water partition coefficient (Wildman–Crippen LogP) is 2.51. The number of ether oxygens (including phenoxy) is 1. The van der Waals surface area contributed by atoms with Crippen molar-refractivity contribution in [2.75, 3.05) is 25.6 Å². The summed E-state index contributed by atoms with van der Waals surface area (Å²) in [6.45, 7) is 0.369. The molecule has 0 aliphatic carbocycles. The highest BCUT2D eigenvalue weighted by Gasteiger charge is 2.29. The molecule has 0 radical (unpaired) electrons. The van der Waals surface area contributed by atoms with Gasteiger partial charge in [0.25, 0.3) is 0 Å². The Morgan fingerprint density at radius 2 is 1.76 bits per heavy atom. The number of likely N-dealkylation sites (N-methyl/N-ethyl adjacent to an activating group) is 1. The van der Waals surface area contributed by atoms with Gasteiger partial charge in [-0.25, -0.2) is 0 Å². The highest BCUT2D eigenvalue weighted by atomic mass is 16.5. The Hall–Kier alpha value is -2.51. The molecule has 0 aromatic heterocycles. The largest absolute Gasteiger partial charge is 0.495 e. The van der Waals surface area contributed by atoms with Gasteiger partial charge in [-0.1, -0.05) is 42.5 Å². The Kier molecular flexibility index (Phi) is 4.46. The molecule has 2 aromatic carbocycles. The first-order valence-corrected chi connectivity index (χ1v) is 6.70. The monoisotopic (exact) mass is 281 g/mol. The molecular weight excluding hydrogens is 262 g/mol. The summed E-state index contributed by atoms with van der Waals surface area (Å²) in [4.78, 5) is 1.94. The van der Waals surface area contributed by atoms with E-state index in [9.17, 15) is 5.26 Å². The van der Waals surface area contributed by atoms with Gasteiger partial charge >= 0.3 is 0 Å². The number of rotatable bonds is 5. The van der Waals surface area contributed by atoms with E-state index < -0.39 is 5.54 Å². The normalized spacial score (nSPS) is 13.0. The van der Waals surface area contributed by atoms with E-state index in [4.69, 9.17) is 10.5 Å². The molecule has 0 saturated carbocycles. The highest BCUT2D eigenvalue weighted by Crippen LogP contribution is 2.29. The van der Waals surface area contributed by atoms with Gasteiger partial charge < -0.3 is 15.4 Å². The van der Waals surface area contributed by atoms with Crippen LogP contribution in [0.25, 0.3) is 0 Å². The second-order valence-corrected chi connectivity index (χ2v) is 4.98. The lowest BCUT2D eigenvalue weighted by atomic mass is 9.92. The summed E-state index contributed by atoms with van der Waals surface area (Å²) in [5.74, 6) is 0.758. The van der Waals surface area contributed by atoms with Gasteiger partial charge in [-0.05, 0) is 17.7 Å². The zero-order valence-corrected chi connectivity index (χ0v) is 12.3. The van der Waals surface area contributed by atoms with Crippen LogP contribution in [0.4, 0.5) is 5.69 Å². The van der Waals surface area contributed by atoms with Gasteiger partial charge in [0.05, 0.1) is 25.4 Å². The minimum absolute atomic E-state index is 0.369. The number of nitrogens with two attached hydrogens (primary N) is 1. The predicted molar refractivity (Wildman–Crippen MR) is 84.2 cm³/mol. The van der Waals surface area contributed by atoms with Crippen molar-refractivity contribution >= 4 is 5.69 Å². The molecule has 0 saturated heterocycles. The smallest absolute Gasteiger partial charge is 0.147 e. The second kappa shape index (κ2) is 6.29. The lowest BCUT2D eigenvalue weighted by Crippen LogP contribution is -2.45. The van der Waals surface area contributed by atoms with Crippen molar-refractivity contribution in [1.29, 1.82) is 5.26 Å². The van der Waals surface area contributed by atoms with Gasteiger partial charge in [0.1, 0.15) is 11.3 Å². The van der Waals surface area contributed by atoms with Crippen molar-refractivity contribution in [3.8, 4) is 11.8 Å². The maximum Gasteiger partial charge on any atom is 0.147 e. The van der Waals surface area contributed by atoms with Crippen molar-refractivity contribution in [3.63, 3.8) is 0 Å². The summed E-state index contributed by atoms with van der Waals surface area (Å²) in [6, 6.07) is 19.3. The van der Waals surface area contributed by atoms with E-state index in [1.54, 1.807) is 7.11 Å². The van der Waals surface area contributed by atoms with E-state index in [-0.39, 0.29) is 0 Å². The average Bonchev–Trinajstić information content (AvgIpc) is 2.55. The van der Waals surface area contributed by atoms with E-state index in [2.05, 4.69) is 6.07 Å². The van der Waals surface area contributed by atoms with Crippen LogP contribution in [-0.2, 0) is 5.54 Å². The standard InChI is InChI=1S/C17H19N3O/c1-20(15-10-6-7-11-16(15)21-2)13-17(19,12-18)14-8-4-3-5-9-14/h3-11H,13,19H2,1-2H3. The number of anilines is 1. The molecule has 0 heterocycles. The minimum atomic E-state index is -1.07. The first-order valence-electron chi connectivity index (χ1n) is 6.70. The zero-order valence-electron chi connectivity index (χ0n) is 12.3. The fourth-order valence-corrected chi connectivity index (χ4v) is 2.33. The van der Waals surface area contributed by atoms with Crippen molar-refractivity contribution < 1.29 is 4.74 Å². The fourth-order valence-electron chi connectivity index (χ4n) is 2.33. The summed E-state index contributed by atoms with van der Waals surface area (Å²) in [7, 11) is 3.53. The molecule has 1 unspecified atom stereocenters. The molecule has 0 bridgehead atoms. The maximum atomic E-state index is 9.53. The third kappa shape index (κ3) is 3.15. The number of methoxy groups -OCH3 is 1. The summed E-state index contributed by atoms with van der Waals surface area (Å²) in [5.41, 5.74) is 6.94. The Morgan fingerprint density at radius 1 is 1.14 bits per heavy atom.